The summed E-state index contributed by atoms with van der Waals surface area (Å²) in [6.07, 6.45) is 3.72. The lowest BCUT2D eigenvalue weighted by Crippen LogP contribution is -2.27. The molecular weight excluding hydrogens is 354 g/mol. The first kappa shape index (κ1) is 18.3. The molecule has 3 rings (SSSR count). The van der Waals surface area contributed by atoms with Crippen LogP contribution in [0.25, 0.3) is 0 Å². The smallest absolute Gasteiger partial charge is 0.251 e. The van der Waals surface area contributed by atoms with Crippen LogP contribution < -0.4 is 14.8 Å². The maximum atomic E-state index is 12.4. The Balaban J connectivity index is 1.65. The van der Waals surface area contributed by atoms with Crippen molar-refractivity contribution in [2.24, 2.45) is 5.92 Å². The van der Waals surface area contributed by atoms with Gasteiger partial charge >= 0.3 is 0 Å². The van der Waals surface area contributed by atoms with Gasteiger partial charge in [0.05, 0.1) is 12.0 Å². The molecule has 2 aromatic rings. The molecule has 0 aliphatic heterocycles. The molecule has 0 bridgehead atoms. The first-order chi connectivity index (χ1) is 12.5. The first-order valence-electron chi connectivity index (χ1n) is 8.35. The molecule has 1 amide bonds. The summed E-state index contributed by atoms with van der Waals surface area (Å²) in [6, 6.07) is 9.52. The number of ether oxygens (including phenoxy) is 1. The summed E-state index contributed by atoms with van der Waals surface area (Å²) in [5, 5.41) is 2.77. The molecule has 0 spiro atoms. The third-order valence-electron chi connectivity index (χ3n) is 4.13. The Morgan fingerprint density at radius 2 is 2.08 bits per heavy atom. The van der Waals surface area contributed by atoms with Crippen molar-refractivity contribution in [2.75, 3.05) is 13.7 Å². The molecule has 8 heteroatoms. The number of hydrogen-bond donors (Lipinski definition) is 2. The summed E-state index contributed by atoms with van der Waals surface area (Å²) in [5.74, 6) is 0.556. The number of rotatable bonds is 8. The van der Waals surface area contributed by atoms with E-state index in [0.717, 1.165) is 18.4 Å². The van der Waals surface area contributed by atoms with Crippen molar-refractivity contribution in [3.63, 3.8) is 0 Å². The standard InChI is InChI=1S/C18H21N3O4S/c1-25-17-9-14(7-8-19-17)11-20-18(22)15-3-2-4-16(10-15)26(23,24)21-12-13-5-6-13/h2-4,7-10,13,21H,5-6,11-12H2,1H3,(H,20,22). The fourth-order valence-corrected chi connectivity index (χ4v) is 3.56. The van der Waals surface area contributed by atoms with Crippen LogP contribution in [0.15, 0.2) is 47.5 Å². The second-order valence-corrected chi connectivity index (χ2v) is 7.98. The lowest BCUT2D eigenvalue weighted by molar-refractivity contribution is 0.0950. The van der Waals surface area contributed by atoms with Crippen molar-refractivity contribution in [3.8, 4) is 5.88 Å². The molecule has 1 heterocycles. The van der Waals surface area contributed by atoms with Gasteiger partial charge in [0.25, 0.3) is 5.91 Å². The van der Waals surface area contributed by atoms with E-state index in [1.807, 2.05) is 0 Å². The van der Waals surface area contributed by atoms with E-state index in [2.05, 4.69) is 15.0 Å². The van der Waals surface area contributed by atoms with E-state index in [-0.39, 0.29) is 17.3 Å². The van der Waals surface area contributed by atoms with Crippen molar-refractivity contribution in [3.05, 3.63) is 53.7 Å². The van der Waals surface area contributed by atoms with Crippen molar-refractivity contribution in [1.82, 2.24) is 15.0 Å². The molecule has 1 fully saturated rings. The molecule has 138 valence electrons. The Labute approximate surface area is 152 Å². The summed E-state index contributed by atoms with van der Waals surface area (Å²) in [5.41, 5.74) is 1.13. The number of benzene rings is 1. The van der Waals surface area contributed by atoms with Crippen molar-refractivity contribution in [2.45, 2.75) is 24.3 Å². The summed E-state index contributed by atoms with van der Waals surface area (Å²) in [4.78, 5) is 16.5. The predicted molar refractivity (Wildman–Crippen MR) is 96.3 cm³/mol. The van der Waals surface area contributed by atoms with Gasteiger partial charge in [-0.2, -0.15) is 0 Å². The highest BCUT2D eigenvalue weighted by atomic mass is 32.2. The van der Waals surface area contributed by atoms with E-state index in [1.54, 1.807) is 30.5 Å². The molecule has 1 aliphatic carbocycles. The Morgan fingerprint density at radius 3 is 2.81 bits per heavy atom. The van der Waals surface area contributed by atoms with Gasteiger partial charge in [-0.3, -0.25) is 4.79 Å². The molecule has 2 N–H and O–H groups in total. The van der Waals surface area contributed by atoms with E-state index < -0.39 is 10.0 Å². The highest BCUT2D eigenvalue weighted by Crippen LogP contribution is 2.28. The lowest BCUT2D eigenvalue weighted by atomic mass is 10.2. The summed E-state index contributed by atoms with van der Waals surface area (Å²) in [7, 11) is -2.08. The van der Waals surface area contributed by atoms with Crippen molar-refractivity contribution >= 4 is 15.9 Å². The first-order valence-corrected chi connectivity index (χ1v) is 9.83. The fourth-order valence-electron chi connectivity index (χ4n) is 2.39. The molecule has 1 aromatic carbocycles. The van der Waals surface area contributed by atoms with Crippen molar-refractivity contribution < 1.29 is 17.9 Å². The van der Waals surface area contributed by atoms with E-state index >= 15 is 0 Å². The van der Waals surface area contributed by atoms with Gasteiger partial charge in [0, 0.05) is 30.9 Å². The normalized spacial score (nSPS) is 14.0. The lowest BCUT2D eigenvalue weighted by Gasteiger charge is -2.09. The number of aromatic nitrogens is 1. The molecule has 0 unspecified atom stereocenters. The van der Waals surface area contributed by atoms with Crippen LogP contribution in [0.1, 0.15) is 28.8 Å². The number of nitrogens with one attached hydrogen (secondary N) is 2. The number of carbonyl (C=O) groups is 1. The molecule has 26 heavy (non-hydrogen) atoms. The van der Waals surface area contributed by atoms with Crippen LogP contribution in [-0.2, 0) is 16.6 Å². The minimum absolute atomic E-state index is 0.0939. The molecule has 1 aromatic heterocycles. The minimum Gasteiger partial charge on any atom is -0.481 e. The number of methoxy groups -OCH3 is 1. The maximum absolute atomic E-state index is 12.4. The van der Waals surface area contributed by atoms with Gasteiger partial charge in [-0.15, -0.1) is 0 Å². The van der Waals surface area contributed by atoms with Gasteiger partial charge in [-0.1, -0.05) is 6.07 Å². The van der Waals surface area contributed by atoms with Crippen LogP contribution in [0.5, 0.6) is 5.88 Å². The summed E-state index contributed by atoms with van der Waals surface area (Å²) < 4.78 is 32.3. The Bertz CT molecular complexity index is 895. The number of sulfonamides is 1. The molecule has 0 atom stereocenters. The molecule has 7 nitrogen and oxygen atoms in total. The van der Waals surface area contributed by atoms with Crippen LogP contribution in [0.4, 0.5) is 0 Å². The highest BCUT2D eigenvalue weighted by Gasteiger charge is 2.24. The molecule has 1 saturated carbocycles. The number of carbonyl (C=O) groups excluding carboxylic acids is 1. The SMILES string of the molecule is COc1cc(CNC(=O)c2cccc(S(=O)(=O)NCC3CC3)c2)ccn1. The van der Waals surface area contributed by atoms with Crippen molar-refractivity contribution in [1.29, 1.82) is 0 Å². The van der Waals surface area contributed by atoms with Gasteiger partial charge in [-0.25, -0.2) is 18.1 Å². The topological polar surface area (TPSA) is 97.4 Å². The predicted octanol–water partition coefficient (Wildman–Crippen LogP) is 1.71. The van der Waals surface area contributed by atoms with E-state index in [0.29, 0.717) is 23.9 Å². The zero-order valence-electron chi connectivity index (χ0n) is 14.4. The molecule has 0 saturated heterocycles. The van der Waals surface area contributed by atoms with Crippen LogP contribution in [-0.4, -0.2) is 33.0 Å². The van der Waals surface area contributed by atoms with Gasteiger partial charge in [0.2, 0.25) is 15.9 Å². The maximum Gasteiger partial charge on any atom is 0.251 e. The second-order valence-electron chi connectivity index (χ2n) is 6.21. The van der Waals surface area contributed by atoms with Gasteiger partial charge < -0.3 is 10.1 Å². The minimum atomic E-state index is -3.60. The van der Waals surface area contributed by atoms with Crippen LogP contribution in [0.2, 0.25) is 0 Å². The fraction of sp³-hybridized carbons (Fsp3) is 0.333. The second kappa shape index (κ2) is 7.84. The average Bonchev–Trinajstić information content (AvgIpc) is 3.49. The highest BCUT2D eigenvalue weighted by molar-refractivity contribution is 7.89. The van der Waals surface area contributed by atoms with Gasteiger partial charge in [0.1, 0.15) is 0 Å². The summed E-state index contributed by atoms with van der Waals surface area (Å²) in [6.45, 7) is 0.733. The van der Waals surface area contributed by atoms with E-state index in [4.69, 9.17) is 4.74 Å². The van der Waals surface area contributed by atoms with Crippen LogP contribution in [0, 0.1) is 5.92 Å². The largest absolute Gasteiger partial charge is 0.481 e. The molecular formula is C18H21N3O4S. The zero-order valence-corrected chi connectivity index (χ0v) is 15.3. The number of pyridine rings is 1. The van der Waals surface area contributed by atoms with Gasteiger partial charge in [-0.05, 0) is 48.6 Å². The monoisotopic (exact) mass is 375 g/mol. The Kier molecular flexibility index (Phi) is 5.53. The van der Waals surface area contributed by atoms with E-state index in [1.165, 1.54) is 19.2 Å². The molecule has 0 radical (unpaired) electrons. The van der Waals surface area contributed by atoms with E-state index in [9.17, 15) is 13.2 Å². The van der Waals surface area contributed by atoms with Crippen LogP contribution in [0.3, 0.4) is 0 Å². The number of nitrogens with zero attached hydrogens (tertiary/aromatic N) is 1. The number of hydrogen-bond acceptors (Lipinski definition) is 5. The molecule has 1 aliphatic rings. The third kappa shape index (κ3) is 4.80. The average molecular weight is 375 g/mol. The number of amides is 1. The zero-order chi connectivity index (χ0) is 18.6. The van der Waals surface area contributed by atoms with Crippen LogP contribution >= 0.6 is 0 Å². The summed E-state index contributed by atoms with van der Waals surface area (Å²) >= 11 is 0. The van der Waals surface area contributed by atoms with Gasteiger partial charge in [0.15, 0.2) is 0 Å². The quantitative estimate of drug-likeness (QED) is 0.732. The Hall–Kier alpha value is -2.45. The third-order valence-corrected chi connectivity index (χ3v) is 5.55. The Morgan fingerprint density at radius 1 is 1.27 bits per heavy atom.